The second-order valence-electron chi connectivity index (χ2n) is 5.10. The van der Waals surface area contributed by atoms with Crippen LogP contribution in [0.15, 0.2) is 29.2 Å². The molecule has 9 heteroatoms. The molecule has 0 aromatic heterocycles. The Kier molecular flexibility index (Phi) is 4.48. The van der Waals surface area contributed by atoms with Crippen LogP contribution >= 0.6 is 0 Å². The first kappa shape index (κ1) is 16.8. The molecule has 2 rings (SSSR count). The zero-order valence-corrected chi connectivity index (χ0v) is 12.3. The second-order valence-corrected chi connectivity index (χ2v) is 7.00. The van der Waals surface area contributed by atoms with Crippen molar-refractivity contribution in [2.45, 2.75) is 23.9 Å². The van der Waals surface area contributed by atoms with E-state index in [1.165, 1.54) is 6.07 Å². The molecule has 1 aliphatic rings. The van der Waals surface area contributed by atoms with Crippen molar-refractivity contribution >= 4 is 15.9 Å². The van der Waals surface area contributed by atoms with E-state index in [9.17, 15) is 26.4 Å². The number of benzene rings is 1. The maximum atomic E-state index is 13.0. The summed E-state index contributed by atoms with van der Waals surface area (Å²) in [6, 6.07) is 4.01. The number of carbonyl (C=O) groups is 1. The van der Waals surface area contributed by atoms with Crippen molar-refractivity contribution in [3.63, 3.8) is 0 Å². The highest BCUT2D eigenvalue weighted by molar-refractivity contribution is 7.89. The fourth-order valence-electron chi connectivity index (χ4n) is 2.46. The molecule has 1 atom stereocenters. The fraction of sp³-hybridized carbons (Fsp3) is 0.462. The highest BCUT2D eigenvalue weighted by Gasteiger charge is 2.40. The number of hydrogen-bond donors (Lipinski definition) is 1. The fourth-order valence-corrected chi connectivity index (χ4v) is 4.19. The van der Waals surface area contributed by atoms with Gasteiger partial charge in [-0.05, 0) is 25.0 Å². The quantitative estimate of drug-likeness (QED) is 0.910. The summed E-state index contributed by atoms with van der Waals surface area (Å²) in [4.78, 5) is 10.4. The van der Waals surface area contributed by atoms with Crippen LogP contribution in [0.4, 0.5) is 13.2 Å². The third-order valence-electron chi connectivity index (χ3n) is 3.60. The van der Waals surface area contributed by atoms with Gasteiger partial charge in [-0.3, -0.25) is 4.79 Å². The molecule has 0 radical (unpaired) electrons. The Balaban J connectivity index is 2.41. The number of hydrogen-bond acceptors (Lipinski definition) is 3. The Morgan fingerprint density at radius 1 is 1.27 bits per heavy atom. The summed E-state index contributed by atoms with van der Waals surface area (Å²) >= 11 is 0. The van der Waals surface area contributed by atoms with Gasteiger partial charge in [0.2, 0.25) is 15.9 Å². The molecule has 1 fully saturated rings. The first-order valence-electron chi connectivity index (χ1n) is 6.59. The summed E-state index contributed by atoms with van der Waals surface area (Å²) in [6.45, 7) is -0.123. The van der Waals surface area contributed by atoms with E-state index in [0.717, 1.165) is 22.5 Å². The smallest absolute Gasteiger partial charge is 0.369 e. The topological polar surface area (TPSA) is 80.5 Å². The predicted molar refractivity (Wildman–Crippen MR) is 72.1 cm³/mol. The number of halogens is 3. The maximum Gasteiger partial charge on any atom is 0.417 e. The van der Waals surface area contributed by atoms with Gasteiger partial charge in [-0.25, -0.2) is 8.42 Å². The molecule has 122 valence electrons. The minimum Gasteiger partial charge on any atom is -0.369 e. The highest BCUT2D eigenvalue weighted by Crippen LogP contribution is 2.35. The van der Waals surface area contributed by atoms with E-state index in [1.54, 1.807) is 0 Å². The zero-order chi connectivity index (χ0) is 16.5. The minimum atomic E-state index is -4.78. The monoisotopic (exact) mass is 336 g/mol. The van der Waals surface area contributed by atoms with Gasteiger partial charge in [-0.2, -0.15) is 17.5 Å². The Hall–Kier alpha value is -1.61. The third kappa shape index (κ3) is 3.25. The summed E-state index contributed by atoms with van der Waals surface area (Å²) in [5.74, 6) is -1.33. The lowest BCUT2D eigenvalue weighted by Crippen LogP contribution is -2.44. The molecule has 0 unspecified atom stereocenters. The van der Waals surface area contributed by atoms with Crippen LogP contribution in [-0.4, -0.2) is 31.7 Å². The molecule has 0 aliphatic carbocycles. The van der Waals surface area contributed by atoms with Gasteiger partial charge in [0.1, 0.15) is 0 Å². The van der Waals surface area contributed by atoms with Crippen molar-refractivity contribution in [2.24, 2.45) is 11.7 Å². The van der Waals surface area contributed by atoms with E-state index < -0.39 is 38.5 Å². The van der Waals surface area contributed by atoms with Crippen LogP contribution < -0.4 is 5.73 Å². The van der Waals surface area contributed by atoms with Crippen LogP contribution in [0.2, 0.25) is 0 Å². The predicted octanol–water partition coefficient (Wildman–Crippen LogP) is 1.59. The van der Waals surface area contributed by atoms with Gasteiger partial charge in [-0.1, -0.05) is 12.1 Å². The average molecular weight is 336 g/mol. The third-order valence-corrected chi connectivity index (χ3v) is 5.52. The lowest BCUT2D eigenvalue weighted by Gasteiger charge is -2.31. The van der Waals surface area contributed by atoms with E-state index in [-0.39, 0.29) is 13.1 Å². The number of nitrogens with two attached hydrogens (primary N) is 1. The van der Waals surface area contributed by atoms with Gasteiger partial charge < -0.3 is 5.73 Å². The minimum absolute atomic E-state index is 0.0678. The van der Waals surface area contributed by atoms with Crippen molar-refractivity contribution < 1.29 is 26.4 Å². The lowest BCUT2D eigenvalue weighted by atomic mass is 9.99. The number of carbonyl (C=O) groups excluding carboxylic acids is 1. The van der Waals surface area contributed by atoms with Gasteiger partial charge in [-0.15, -0.1) is 0 Å². The summed E-state index contributed by atoms with van der Waals surface area (Å²) in [6.07, 6.45) is -3.97. The normalized spacial score (nSPS) is 20.8. The molecule has 0 saturated carbocycles. The van der Waals surface area contributed by atoms with Crippen LogP contribution in [0.25, 0.3) is 0 Å². The second kappa shape index (κ2) is 5.88. The largest absolute Gasteiger partial charge is 0.417 e. The first-order chi connectivity index (χ1) is 10.1. The Morgan fingerprint density at radius 3 is 2.50 bits per heavy atom. The SMILES string of the molecule is NC(=O)[C@@H]1CCCN(S(=O)(=O)c2ccccc2C(F)(F)F)C1. The molecule has 5 nitrogen and oxygen atoms in total. The molecule has 1 amide bonds. The molecular weight excluding hydrogens is 321 g/mol. The van der Waals surface area contributed by atoms with E-state index in [4.69, 9.17) is 5.73 Å². The summed E-state index contributed by atoms with van der Waals surface area (Å²) < 4.78 is 64.9. The highest BCUT2D eigenvalue weighted by atomic mass is 32.2. The number of piperidine rings is 1. The van der Waals surface area contributed by atoms with E-state index in [0.29, 0.717) is 12.8 Å². The number of primary amides is 1. The standard InChI is InChI=1S/C13H15F3N2O3S/c14-13(15,16)10-5-1-2-6-11(10)22(20,21)18-7-3-4-9(8-18)12(17)19/h1-2,5-6,9H,3-4,7-8H2,(H2,17,19)/t9-/m1/s1. The number of rotatable bonds is 3. The molecule has 1 aliphatic heterocycles. The Morgan fingerprint density at radius 2 is 1.91 bits per heavy atom. The molecule has 1 aromatic rings. The molecule has 0 bridgehead atoms. The molecule has 2 N–H and O–H groups in total. The van der Waals surface area contributed by atoms with Gasteiger partial charge in [0.25, 0.3) is 0 Å². The van der Waals surface area contributed by atoms with Gasteiger partial charge in [0.05, 0.1) is 16.4 Å². The molecule has 1 heterocycles. The van der Waals surface area contributed by atoms with Gasteiger partial charge >= 0.3 is 6.18 Å². The van der Waals surface area contributed by atoms with E-state index in [1.807, 2.05) is 0 Å². The van der Waals surface area contributed by atoms with E-state index in [2.05, 4.69) is 0 Å². The Bertz CT molecular complexity index is 673. The van der Waals surface area contributed by atoms with Crippen LogP contribution in [0, 0.1) is 5.92 Å². The van der Waals surface area contributed by atoms with Crippen molar-refractivity contribution in [3.8, 4) is 0 Å². The maximum absolute atomic E-state index is 13.0. The van der Waals surface area contributed by atoms with Crippen LogP contribution in [-0.2, 0) is 21.0 Å². The molecular formula is C13H15F3N2O3S. The summed E-state index contributed by atoms with van der Waals surface area (Å²) in [7, 11) is -4.34. The van der Waals surface area contributed by atoms with Crippen molar-refractivity contribution in [2.75, 3.05) is 13.1 Å². The lowest BCUT2D eigenvalue weighted by molar-refractivity contribution is -0.140. The van der Waals surface area contributed by atoms with E-state index >= 15 is 0 Å². The zero-order valence-electron chi connectivity index (χ0n) is 11.5. The molecule has 1 aromatic carbocycles. The number of sulfonamides is 1. The average Bonchev–Trinajstić information content (AvgIpc) is 2.46. The van der Waals surface area contributed by atoms with Crippen molar-refractivity contribution in [1.82, 2.24) is 4.31 Å². The first-order valence-corrected chi connectivity index (χ1v) is 8.03. The molecule has 1 saturated heterocycles. The Labute approximate surface area is 125 Å². The number of nitrogens with zero attached hydrogens (tertiary/aromatic N) is 1. The molecule has 0 spiro atoms. The number of amides is 1. The number of alkyl halides is 3. The van der Waals surface area contributed by atoms with Crippen molar-refractivity contribution in [1.29, 1.82) is 0 Å². The van der Waals surface area contributed by atoms with Crippen LogP contribution in [0.5, 0.6) is 0 Å². The summed E-state index contributed by atoms with van der Waals surface area (Å²) in [5.41, 5.74) is 3.96. The van der Waals surface area contributed by atoms with Crippen molar-refractivity contribution in [3.05, 3.63) is 29.8 Å². The van der Waals surface area contributed by atoms with Gasteiger partial charge in [0.15, 0.2) is 0 Å². The van der Waals surface area contributed by atoms with Gasteiger partial charge in [0, 0.05) is 13.1 Å². The molecule has 22 heavy (non-hydrogen) atoms. The summed E-state index contributed by atoms with van der Waals surface area (Å²) in [5, 5.41) is 0. The van der Waals surface area contributed by atoms with Crippen LogP contribution in [0.3, 0.4) is 0 Å². The van der Waals surface area contributed by atoms with Crippen LogP contribution in [0.1, 0.15) is 18.4 Å².